The first-order chi connectivity index (χ1) is 10.9. The topological polar surface area (TPSA) is 79.0 Å². The predicted molar refractivity (Wildman–Crippen MR) is 108 cm³/mol. The Morgan fingerprint density at radius 1 is 1.33 bits per heavy atom. The number of ether oxygens (including phenoxy) is 1. The fraction of sp³-hybridized carbons (Fsp3) is 0.706. The zero-order valence-corrected chi connectivity index (χ0v) is 17.8. The van der Waals surface area contributed by atoms with Crippen LogP contribution < -0.4 is 10.6 Å². The highest BCUT2D eigenvalue weighted by atomic mass is 127. The Morgan fingerprint density at radius 3 is 2.58 bits per heavy atom. The van der Waals surface area contributed by atoms with Gasteiger partial charge in [-0.05, 0) is 47.1 Å². The van der Waals surface area contributed by atoms with E-state index in [4.69, 9.17) is 9.15 Å². The number of hydrogen-bond acceptors (Lipinski definition) is 4. The van der Waals surface area contributed by atoms with Crippen LogP contribution in [-0.4, -0.2) is 43.9 Å². The summed E-state index contributed by atoms with van der Waals surface area (Å²) in [5, 5.41) is 17.1. The molecule has 0 saturated heterocycles. The highest BCUT2D eigenvalue weighted by molar-refractivity contribution is 14.0. The smallest absolute Gasteiger partial charge is 0.191 e. The SMILES string of the molecule is CCNC(=NCC(C)(O)c1cc(C)oc1C)NCCCOCC.I. The number of hydrogen-bond donors (Lipinski definition) is 3. The molecule has 1 rings (SSSR count). The van der Waals surface area contributed by atoms with Crippen LogP contribution in [0.3, 0.4) is 0 Å². The van der Waals surface area contributed by atoms with Crippen molar-refractivity contribution in [1.82, 2.24) is 10.6 Å². The normalized spacial score (nSPS) is 14.0. The van der Waals surface area contributed by atoms with Gasteiger partial charge in [-0.2, -0.15) is 0 Å². The van der Waals surface area contributed by atoms with Crippen LogP contribution in [0.1, 0.15) is 44.3 Å². The molecule has 0 bridgehead atoms. The first-order valence-corrected chi connectivity index (χ1v) is 8.30. The highest BCUT2D eigenvalue weighted by Gasteiger charge is 2.27. The van der Waals surface area contributed by atoms with E-state index in [1.54, 1.807) is 6.92 Å². The van der Waals surface area contributed by atoms with Gasteiger partial charge in [-0.1, -0.05) is 0 Å². The summed E-state index contributed by atoms with van der Waals surface area (Å²) in [6.45, 7) is 12.8. The van der Waals surface area contributed by atoms with Crippen molar-refractivity contribution in [1.29, 1.82) is 0 Å². The second kappa shape index (κ2) is 11.7. The van der Waals surface area contributed by atoms with Crippen molar-refractivity contribution in [2.45, 2.75) is 46.6 Å². The Bertz CT molecular complexity index is 501. The van der Waals surface area contributed by atoms with Crippen molar-refractivity contribution < 1.29 is 14.3 Å². The van der Waals surface area contributed by atoms with Crippen LogP contribution in [0.5, 0.6) is 0 Å². The molecule has 0 fully saturated rings. The zero-order chi connectivity index (χ0) is 17.3. The van der Waals surface area contributed by atoms with Crippen molar-refractivity contribution >= 4 is 29.9 Å². The average Bonchev–Trinajstić information content (AvgIpc) is 2.84. The first-order valence-electron chi connectivity index (χ1n) is 8.30. The van der Waals surface area contributed by atoms with Crippen LogP contribution in [0.15, 0.2) is 15.5 Å². The summed E-state index contributed by atoms with van der Waals surface area (Å²) < 4.78 is 10.8. The van der Waals surface area contributed by atoms with Crippen molar-refractivity contribution in [3.05, 3.63) is 23.2 Å². The third-order valence-corrected chi connectivity index (χ3v) is 3.47. The van der Waals surface area contributed by atoms with Gasteiger partial charge >= 0.3 is 0 Å². The van der Waals surface area contributed by atoms with E-state index in [9.17, 15) is 5.11 Å². The summed E-state index contributed by atoms with van der Waals surface area (Å²) in [5.41, 5.74) is -0.277. The lowest BCUT2D eigenvalue weighted by molar-refractivity contribution is 0.0657. The summed E-state index contributed by atoms with van der Waals surface area (Å²) in [7, 11) is 0. The van der Waals surface area contributed by atoms with Crippen LogP contribution in [0.2, 0.25) is 0 Å². The Balaban J connectivity index is 0.00000529. The number of guanidine groups is 1. The second-order valence-corrected chi connectivity index (χ2v) is 5.77. The number of aliphatic hydroxyl groups is 1. The van der Waals surface area contributed by atoms with E-state index < -0.39 is 5.60 Å². The van der Waals surface area contributed by atoms with Gasteiger partial charge in [0.05, 0.1) is 6.54 Å². The minimum Gasteiger partial charge on any atom is -0.466 e. The van der Waals surface area contributed by atoms with E-state index in [1.807, 2.05) is 33.8 Å². The van der Waals surface area contributed by atoms with E-state index in [0.717, 1.165) is 49.8 Å². The number of halogens is 1. The van der Waals surface area contributed by atoms with Crippen molar-refractivity contribution in [3.63, 3.8) is 0 Å². The standard InChI is InChI=1S/C17H31N3O3.HI/c1-6-18-16(19-9-8-10-22-7-2)20-12-17(5,21)15-11-13(3)23-14(15)4;/h11,21H,6-10,12H2,1-5H3,(H2,18,19,20);1H. The van der Waals surface area contributed by atoms with E-state index in [-0.39, 0.29) is 30.5 Å². The van der Waals surface area contributed by atoms with E-state index in [1.165, 1.54) is 0 Å². The van der Waals surface area contributed by atoms with Gasteiger partial charge in [0.15, 0.2) is 5.96 Å². The Labute approximate surface area is 162 Å². The molecule has 0 aliphatic carbocycles. The van der Waals surface area contributed by atoms with Gasteiger partial charge in [0.2, 0.25) is 0 Å². The number of aliphatic imine (C=N–C) groups is 1. The van der Waals surface area contributed by atoms with Crippen LogP contribution >= 0.6 is 24.0 Å². The maximum Gasteiger partial charge on any atom is 0.191 e. The molecular formula is C17H32IN3O3. The van der Waals surface area contributed by atoms with Crippen LogP contribution in [-0.2, 0) is 10.3 Å². The quantitative estimate of drug-likeness (QED) is 0.232. The third-order valence-electron chi connectivity index (χ3n) is 3.47. The lowest BCUT2D eigenvalue weighted by Gasteiger charge is -2.21. The molecule has 0 saturated carbocycles. The van der Waals surface area contributed by atoms with Crippen LogP contribution in [0, 0.1) is 13.8 Å². The molecule has 0 aliphatic rings. The van der Waals surface area contributed by atoms with E-state index in [2.05, 4.69) is 15.6 Å². The highest BCUT2D eigenvalue weighted by Crippen LogP contribution is 2.27. The number of furan rings is 1. The molecule has 0 radical (unpaired) electrons. The third kappa shape index (κ3) is 7.85. The molecule has 0 aliphatic heterocycles. The summed E-state index contributed by atoms with van der Waals surface area (Å²) >= 11 is 0. The second-order valence-electron chi connectivity index (χ2n) is 5.77. The molecule has 140 valence electrons. The van der Waals surface area contributed by atoms with Gasteiger partial charge in [0, 0.05) is 31.9 Å². The lowest BCUT2D eigenvalue weighted by Crippen LogP contribution is -2.39. The molecule has 1 heterocycles. The van der Waals surface area contributed by atoms with Gasteiger partial charge < -0.3 is 24.9 Å². The minimum absolute atomic E-state index is 0. The molecule has 24 heavy (non-hydrogen) atoms. The largest absolute Gasteiger partial charge is 0.466 e. The minimum atomic E-state index is -1.06. The fourth-order valence-corrected chi connectivity index (χ4v) is 2.35. The zero-order valence-electron chi connectivity index (χ0n) is 15.4. The molecule has 3 N–H and O–H groups in total. The van der Waals surface area contributed by atoms with Gasteiger partial charge in [0.1, 0.15) is 17.1 Å². The number of rotatable bonds is 9. The first kappa shape index (κ1) is 23.2. The summed E-state index contributed by atoms with van der Waals surface area (Å²) in [6, 6.07) is 1.87. The molecular weight excluding hydrogens is 421 g/mol. The average molecular weight is 453 g/mol. The molecule has 1 atom stereocenters. The molecule has 0 aromatic carbocycles. The monoisotopic (exact) mass is 453 g/mol. The van der Waals surface area contributed by atoms with Gasteiger partial charge in [0.25, 0.3) is 0 Å². The molecule has 0 spiro atoms. The maximum absolute atomic E-state index is 10.7. The van der Waals surface area contributed by atoms with Crippen molar-refractivity contribution in [2.24, 2.45) is 4.99 Å². The molecule has 0 amide bonds. The van der Waals surface area contributed by atoms with Gasteiger partial charge in [-0.3, -0.25) is 0 Å². The Hall–Kier alpha value is -0.800. The number of aryl methyl sites for hydroxylation is 2. The fourth-order valence-electron chi connectivity index (χ4n) is 2.35. The summed E-state index contributed by atoms with van der Waals surface area (Å²) in [4.78, 5) is 4.49. The Morgan fingerprint density at radius 2 is 2.04 bits per heavy atom. The van der Waals surface area contributed by atoms with Crippen LogP contribution in [0.25, 0.3) is 0 Å². The lowest BCUT2D eigenvalue weighted by atomic mass is 9.96. The molecule has 1 unspecified atom stereocenters. The van der Waals surface area contributed by atoms with Crippen molar-refractivity contribution in [2.75, 3.05) is 32.8 Å². The molecule has 1 aromatic heterocycles. The summed E-state index contributed by atoms with van der Waals surface area (Å²) in [6.07, 6.45) is 0.911. The van der Waals surface area contributed by atoms with E-state index in [0.29, 0.717) is 5.96 Å². The molecule has 1 aromatic rings. The van der Waals surface area contributed by atoms with E-state index >= 15 is 0 Å². The summed E-state index contributed by atoms with van der Waals surface area (Å²) in [5.74, 6) is 2.22. The Kier molecular flexibility index (Phi) is 11.3. The number of nitrogens with one attached hydrogen (secondary N) is 2. The van der Waals surface area contributed by atoms with Gasteiger partial charge in [-0.25, -0.2) is 4.99 Å². The van der Waals surface area contributed by atoms with Crippen molar-refractivity contribution in [3.8, 4) is 0 Å². The van der Waals surface area contributed by atoms with Crippen LogP contribution in [0.4, 0.5) is 0 Å². The predicted octanol–water partition coefficient (Wildman–Crippen LogP) is 2.70. The van der Waals surface area contributed by atoms with Gasteiger partial charge in [-0.15, -0.1) is 24.0 Å². The maximum atomic E-state index is 10.7. The number of nitrogens with zero attached hydrogens (tertiary/aromatic N) is 1. The molecule has 6 nitrogen and oxygen atoms in total. The molecule has 7 heteroatoms.